The molecule has 0 aliphatic heterocycles. The smallest absolute Gasteiger partial charge is 0.123 e. The highest BCUT2D eigenvalue weighted by Gasteiger charge is 2.19. The van der Waals surface area contributed by atoms with E-state index < -0.39 is 0 Å². The summed E-state index contributed by atoms with van der Waals surface area (Å²) in [5, 5.41) is 3.61. The third-order valence-electron chi connectivity index (χ3n) is 4.06. The quantitative estimate of drug-likeness (QED) is 0.882. The van der Waals surface area contributed by atoms with E-state index in [2.05, 4.69) is 69.4 Å². The van der Waals surface area contributed by atoms with E-state index in [1.165, 1.54) is 27.8 Å². The molecular weight excluding hydrogens is 258 g/mol. The predicted octanol–water partition coefficient (Wildman–Crippen LogP) is 4.32. The first-order valence-electron chi connectivity index (χ1n) is 7.52. The SMILES string of the molecule is CCNC(c1cc(C)ccc1OC)c1cccc(C)c1C. The van der Waals surface area contributed by atoms with Gasteiger partial charge in [-0.15, -0.1) is 0 Å². The molecule has 21 heavy (non-hydrogen) atoms. The van der Waals surface area contributed by atoms with Crippen molar-refractivity contribution in [3.05, 3.63) is 64.2 Å². The van der Waals surface area contributed by atoms with Gasteiger partial charge in [0, 0.05) is 5.56 Å². The van der Waals surface area contributed by atoms with Crippen LogP contribution < -0.4 is 10.1 Å². The first kappa shape index (κ1) is 15.6. The molecule has 0 amide bonds. The maximum atomic E-state index is 5.58. The molecule has 2 nitrogen and oxygen atoms in total. The number of nitrogens with one attached hydrogen (secondary N) is 1. The van der Waals surface area contributed by atoms with Crippen LogP contribution in [0.5, 0.6) is 5.75 Å². The van der Waals surface area contributed by atoms with Gasteiger partial charge in [0.25, 0.3) is 0 Å². The Morgan fingerprint density at radius 1 is 1.05 bits per heavy atom. The van der Waals surface area contributed by atoms with Crippen LogP contribution in [0.25, 0.3) is 0 Å². The summed E-state index contributed by atoms with van der Waals surface area (Å²) in [4.78, 5) is 0. The summed E-state index contributed by atoms with van der Waals surface area (Å²) in [6.07, 6.45) is 0. The van der Waals surface area contributed by atoms with E-state index in [9.17, 15) is 0 Å². The minimum atomic E-state index is 0.157. The molecule has 2 heteroatoms. The van der Waals surface area contributed by atoms with Gasteiger partial charge in [-0.3, -0.25) is 0 Å². The first-order valence-corrected chi connectivity index (χ1v) is 7.52. The summed E-state index contributed by atoms with van der Waals surface area (Å²) in [6.45, 7) is 9.52. The van der Waals surface area contributed by atoms with Crippen LogP contribution in [0.3, 0.4) is 0 Å². The van der Waals surface area contributed by atoms with Gasteiger partial charge >= 0.3 is 0 Å². The van der Waals surface area contributed by atoms with E-state index in [0.29, 0.717) is 0 Å². The molecule has 0 aromatic heterocycles. The van der Waals surface area contributed by atoms with E-state index in [1.54, 1.807) is 7.11 Å². The summed E-state index contributed by atoms with van der Waals surface area (Å²) >= 11 is 0. The van der Waals surface area contributed by atoms with Crippen molar-refractivity contribution < 1.29 is 4.74 Å². The Labute approximate surface area is 128 Å². The zero-order valence-electron chi connectivity index (χ0n) is 13.7. The van der Waals surface area contributed by atoms with Crippen LogP contribution in [0, 0.1) is 20.8 Å². The molecule has 0 fully saturated rings. The Bertz CT molecular complexity index is 619. The van der Waals surface area contributed by atoms with Crippen molar-refractivity contribution in [3.8, 4) is 5.75 Å². The zero-order chi connectivity index (χ0) is 15.4. The Morgan fingerprint density at radius 3 is 2.48 bits per heavy atom. The maximum absolute atomic E-state index is 5.58. The molecule has 1 N–H and O–H groups in total. The number of hydrogen-bond acceptors (Lipinski definition) is 2. The van der Waals surface area contributed by atoms with E-state index in [4.69, 9.17) is 4.74 Å². The zero-order valence-corrected chi connectivity index (χ0v) is 13.7. The fourth-order valence-corrected chi connectivity index (χ4v) is 2.76. The Kier molecular flexibility index (Phi) is 5.03. The lowest BCUT2D eigenvalue weighted by Crippen LogP contribution is -2.23. The first-order chi connectivity index (χ1) is 10.1. The summed E-state index contributed by atoms with van der Waals surface area (Å²) in [6, 6.07) is 13.0. The molecule has 2 aromatic carbocycles. The second-order valence-corrected chi connectivity index (χ2v) is 5.53. The second-order valence-electron chi connectivity index (χ2n) is 5.53. The number of aryl methyl sites for hydroxylation is 2. The normalized spacial score (nSPS) is 12.2. The molecule has 0 spiro atoms. The Balaban J connectivity index is 2.58. The van der Waals surface area contributed by atoms with E-state index in [1.807, 2.05) is 0 Å². The van der Waals surface area contributed by atoms with Crippen LogP contribution in [0.4, 0.5) is 0 Å². The predicted molar refractivity (Wildman–Crippen MR) is 89.2 cm³/mol. The molecule has 0 bridgehead atoms. The molecule has 1 atom stereocenters. The highest BCUT2D eigenvalue weighted by atomic mass is 16.5. The molecule has 112 valence electrons. The van der Waals surface area contributed by atoms with Gasteiger partial charge in [0.1, 0.15) is 5.75 Å². The summed E-state index contributed by atoms with van der Waals surface area (Å²) in [5.41, 5.74) is 6.43. The lowest BCUT2D eigenvalue weighted by atomic mass is 9.91. The van der Waals surface area contributed by atoms with Crippen molar-refractivity contribution in [2.75, 3.05) is 13.7 Å². The van der Waals surface area contributed by atoms with E-state index in [0.717, 1.165) is 12.3 Å². The molecule has 2 aromatic rings. The fourth-order valence-electron chi connectivity index (χ4n) is 2.76. The Hall–Kier alpha value is -1.80. The summed E-state index contributed by atoms with van der Waals surface area (Å²) in [7, 11) is 1.74. The molecule has 0 heterocycles. The van der Waals surface area contributed by atoms with Gasteiger partial charge in [-0.25, -0.2) is 0 Å². The molecule has 0 radical (unpaired) electrons. The van der Waals surface area contributed by atoms with Crippen molar-refractivity contribution in [1.29, 1.82) is 0 Å². The van der Waals surface area contributed by atoms with E-state index >= 15 is 0 Å². The summed E-state index contributed by atoms with van der Waals surface area (Å²) < 4.78 is 5.58. The number of rotatable bonds is 5. The lowest BCUT2D eigenvalue weighted by Gasteiger charge is -2.24. The van der Waals surface area contributed by atoms with Gasteiger partial charge < -0.3 is 10.1 Å². The van der Waals surface area contributed by atoms with Crippen molar-refractivity contribution >= 4 is 0 Å². The Morgan fingerprint density at radius 2 is 1.81 bits per heavy atom. The highest BCUT2D eigenvalue weighted by Crippen LogP contribution is 2.33. The van der Waals surface area contributed by atoms with Crippen LogP contribution >= 0.6 is 0 Å². The fraction of sp³-hybridized carbons (Fsp3) is 0.368. The largest absolute Gasteiger partial charge is 0.496 e. The van der Waals surface area contributed by atoms with Gasteiger partial charge in [0.2, 0.25) is 0 Å². The van der Waals surface area contributed by atoms with Crippen molar-refractivity contribution in [2.45, 2.75) is 33.7 Å². The van der Waals surface area contributed by atoms with Crippen LogP contribution in [-0.2, 0) is 0 Å². The highest BCUT2D eigenvalue weighted by molar-refractivity contribution is 5.47. The average molecular weight is 283 g/mol. The second kappa shape index (κ2) is 6.77. The van der Waals surface area contributed by atoms with Gasteiger partial charge in [-0.05, 0) is 50.1 Å². The van der Waals surface area contributed by atoms with Crippen LogP contribution in [0.2, 0.25) is 0 Å². The minimum absolute atomic E-state index is 0.157. The van der Waals surface area contributed by atoms with Crippen LogP contribution in [0.1, 0.15) is 40.8 Å². The molecular formula is C19H25NO. The molecule has 0 aliphatic rings. The molecule has 0 aliphatic carbocycles. The minimum Gasteiger partial charge on any atom is -0.496 e. The van der Waals surface area contributed by atoms with Crippen LogP contribution in [0.15, 0.2) is 36.4 Å². The topological polar surface area (TPSA) is 21.3 Å². The third kappa shape index (κ3) is 3.27. The van der Waals surface area contributed by atoms with Crippen molar-refractivity contribution in [2.24, 2.45) is 0 Å². The molecule has 0 saturated carbocycles. The average Bonchev–Trinajstić information content (AvgIpc) is 2.48. The van der Waals surface area contributed by atoms with Crippen molar-refractivity contribution in [1.82, 2.24) is 5.32 Å². The molecule has 1 unspecified atom stereocenters. The van der Waals surface area contributed by atoms with Gasteiger partial charge in [-0.2, -0.15) is 0 Å². The van der Waals surface area contributed by atoms with Gasteiger partial charge in [0.15, 0.2) is 0 Å². The summed E-state index contributed by atoms with van der Waals surface area (Å²) in [5.74, 6) is 0.937. The van der Waals surface area contributed by atoms with Crippen LogP contribution in [-0.4, -0.2) is 13.7 Å². The number of benzene rings is 2. The lowest BCUT2D eigenvalue weighted by molar-refractivity contribution is 0.404. The maximum Gasteiger partial charge on any atom is 0.123 e. The molecule has 2 rings (SSSR count). The number of hydrogen-bond donors (Lipinski definition) is 1. The van der Waals surface area contributed by atoms with Gasteiger partial charge in [0.05, 0.1) is 13.2 Å². The number of ether oxygens (including phenoxy) is 1. The monoisotopic (exact) mass is 283 g/mol. The number of methoxy groups -OCH3 is 1. The van der Waals surface area contributed by atoms with Crippen molar-refractivity contribution in [3.63, 3.8) is 0 Å². The standard InChI is InChI=1S/C19H25NO/c1-6-20-19(16-9-7-8-14(3)15(16)4)17-12-13(2)10-11-18(17)21-5/h7-12,19-20H,6H2,1-5H3. The molecule has 0 saturated heterocycles. The van der Waals surface area contributed by atoms with Gasteiger partial charge in [-0.1, -0.05) is 42.8 Å². The van der Waals surface area contributed by atoms with E-state index in [-0.39, 0.29) is 6.04 Å². The third-order valence-corrected chi connectivity index (χ3v) is 4.06.